The maximum absolute atomic E-state index is 11.0. The fourth-order valence-electron chi connectivity index (χ4n) is 0.634. The SMILES string of the molecule is CCC(=O)C(SC(C)=O)C(N)=O. The minimum atomic E-state index is -1.01. The Hall–Kier alpha value is -0.840. The molecule has 0 aromatic rings. The summed E-state index contributed by atoms with van der Waals surface area (Å²) in [5.74, 6) is -1.05. The summed E-state index contributed by atoms with van der Waals surface area (Å²) in [6.45, 7) is 2.92. The molecular formula is C7H11NO3S. The lowest BCUT2D eigenvalue weighted by Gasteiger charge is -2.07. The fourth-order valence-corrected chi connectivity index (χ4v) is 1.38. The molecule has 0 fully saturated rings. The molecule has 0 bridgehead atoms. The normalized spacial score (nSPS) is 12.2. The van der Waals surface area contributed by atoms with Gasteiger partial charge in [0.25, 0.3) is 0 Å². The van der Waals surface area contributed by atoms with Gasteiger partial charge >= 0.3 is 0 Å². The lowest BCUT2D eigenvalue weighted by molar-refractivity contribution is -0.125. The molecule has 0 aromatic carbocycles. The minimum Gasteiger partial charge on any atom is -0.368 e. The van der Waals surface area contributed by atoms with Gasteiger partial charge in [0.15, 0.2) is 10.9 Å². The van der Waals surface area contributed by atoms with E-state index in [1.165, 1.54) is 6.92 Å². The van der Waals surface area contributed by atoms with E-state index in [1.807, 2.05) is 0 Å². The molecule has 12 heavy (non-hydrogen) atoms. The number of Topliss-reactive ketones (excluding diaryl/α,β-unsaturated/α-hetero) is 1. The van der Waals surface area contributed by atoms with Crippen LogP contribution in [0.2, 0.25) is 0 Å². The number of rotatable bonds is 4. The van der Waals surface area contributed by atoms with Gasteiger partial charge < -0.3 is 5.73 Å². The zero-order valence-electron chi connectivity index (χ0n) is 6.99. The third-order valence-corrected chi connectivity index (χ3v) is 2.25. The standard InChI is InChI=1S/C7H11NO3S/c1-3-5(10)6(7(8)11)12-4(2)9/h6H,3H2,1-2H3,(H2,8,11). The van der Waals surface area contributed by atoms with Crippen molar-refractivity contribution >= 4 is 28.6 Å². The summed E-state index contributed by atoms with van der Waals surface area (Å²) in [6.07, 6.45) is 0.216. The maximum Gasteiger partial charge on any atom is 0.238 e. The van der Waals surface area contributed by atoms with Gasteiger partial charge in [-0.1, -0.05) is 18.7 Å². The summed E-state index contributed by atoms with van der Waals surface area (Å²) < 4.78 is 0. The Morgan fingerprint density at radius 2 is 1.92 bits per heavy atom. The quantitative estimate of drug-likeness (QED) is 0.636. The zero-order valence-corrected chi connectivity index (χ0v) is 7.81. The molecule has 0 aliphatic heterocycles. The van der Waals surface area contributed by atoms with E-state index in [4.69, 9.17) is 5.73 Å². The number of carbonyl (C=O) groups is 3. The smallest absolute Gasteiger partial charge is 0.238 e. The van der Waals surface area contributed by atoms with Gasteiger partial charge in [-0.2, -0.15) is 0 Å². The summed E-state index contributed by atoms with van der Waals surface area (Å²) in [6, 6.07) is 0. The van der Waals surface area contributed by atoms with Crippen LogP contribution in [0, 0.1) is 0 Å². The predicted octanol–water partition coefficient (Wildman–Crippen LogP) is 0.0991. The first-order valence-corrected chi connectivity index (χ1v) is 4.36. The Morgan fingerprint density at radius 3 is 2.17 bits per heavy atom. The molecule has 0 spiro atoms. The molecule has 0 saturated heterocycles. The maximum atomic E-state index is 11.0. The van der Waals surface area contributed by atoms with Crippen LogP contribution in [0.3, 0.4) is 0 Å². The number of hydrogen-bond donors (Lipinski definition) is 1. The zero-order chi connectivity index (χ0) is 9.72. The van der Waals surface area contributed by atoms with Crippen molar-refractivity contribution in [3.8, 4) is 0 Å². The highest BCUT2D eigenvalue weighted by Crippen LogP contribution is 2.13. The number of thioether (sulfide) groups is 1. The average Bonchev–Trinajstić information content (AvgIpc) is 1.98. The van der Waals surface area contributed by atoms with Crippen LogP contribution in [0.25, 0.3) is 0 Å². The second kappa shape index (κ2) is 4.92. The highest BCUT2D eigenvalue weighted by molar-refractivity contribution is 8.15. The van der Waals surface area contributed by atoms with Gasteiger partial charge in [0.1, 0.15) is 5.25 Å². The highest BCUT2D eigenvalue weighted by Gasteiger charge is 2.24. The Bertz CT molecular complexity index is 215. The number of amides is 1. The molecule has 0 radical (unpaired) electrons. The number of primary amides is 1. The second-order valence-corrected chi connectivity index (χ2v) is 3.49. The van der Waals surface area contributed by atoms with Crippen molar-refractivity contribution in [2.75, 3.05) is 0 Å². The fraction of sp³-hybridized carbons (Fsp3) is 0.571. The molecule has 0 aliphatic carbocycles. The molecule has 1 amide bonds. The van der Waals surface area contributed by atoms with Gasteiger partial charge in [-0.15, -0.1) is 0 Å². The number of nitrogens with two attached hydrogens (primary N) is 1. The third kappa shape index (κ3) is 3.52. The minimum absolute atomic E-state index is 0.216. The van der Waals surface area contributed by atoms with Crippen LogP contribution in [0.15, 0.2) is 0 Å². The van der Waals surface area contributed by atoms with E-state index in [-0.39, 0.29) is 17.3 Å². The first-order valence-electron chi connectivity index (χ1n) is 3.48. The molecule has 1 atom stereocenters. The van der Waals surface area contributed by atoms with Gasteiger partial charge in [-0.3, -0.25) is 14.4 Å². The van der Waals surface area contributed by atoms with Crippen LogP contribution >= 0.6 is 11.8 Å². The van der Waals surface area contributed by atoms with Crippen LogP contribution in [-0.2, 0) is 14.4 Å². The summed E-state index contributed by atoms with van der Waals surface area (Å²) in [7, 11) is 0. The molecule has 0 heterocycles. The average molecular weight is 189 g/mol. The topological polar surface area (TPSA) is 77.2 Å². The van der Waals surface area contributed by atoms with Gasteiger partial charge in [-0.05, 0) is 0 Å². The van der Waals surface area contributed by atoms with Crippen molar-refractivity contribution in [3.05, 3.63) is 0 Å². The molecule has 0 saturated carbocycles. The van der Waals surface area contributed by atoms with E-state index in [1.54, 1.807) is 6.92 Å². The highest BCUT2D eigenvalue weighted by atomic mass is 32.2. The van der Waals surface area contributed by atoms with E-state index >= 15 is 0 Å². The molecule has 0 aliphatic rings. The lowest BCUT2D eigenvalue weighted by atomic mass is 10.2. The van der Waals surface area contributed by atoms with E-state index in [2.05, 4.69) is 0 Å². The van der Waals surface area contributed by atoms with E-state index < -0.39 is 11.2 Å². The largest absolute Gasteiger partial charge is 0.368 e. The predicted molar refractivity (Wildman–Crippen MR) is 46.6 cm³/mol. The Balaban J connectivity index is 4.33. The number of hydrogen-bond acceptors (Lipinski definition) is 4. The van der Waals surface area contributed by atoms with E-state index in [0.29, 0.717) is 11.8 Å². The van der Waals surface area contributed by atoms with Crippen LogP contribution < -0.4 is 5.73 Å². The molecule has 2 N–H and O–H groups in total. The monoisotopic (exact) mass is 189 g/mol. The van der Waals surface area contributed by atoms with Gasteiger partial charge in [-0.25, -0.2) is 0 Å². The van der Waals surface area contributed by atoms with Crippen molar-refractivity contribution in [2.24, 2.45) is 5.73 Å². The van der Waals surface area contributed by atoms with Gasteiger partial charge in [0.05, 0.1) is 0 Å². The molecule has 0 rings (SSSR count). The Morgan fingerprint density at radius 1 is 1.42 bits per heavy atom. The van der Waals surface area contributed by atoms with Crippen LogP contribution in [0.5, 0.6) is 0 Å². The molecule has 1 unspecified atom stereocenters. The van der Waals surface area contributed by atoms with E-state index in [9.17, 15) is 14.4 Å². The summed E-state index contributed by atoms with van der Waals surface area (Å²) in [5.41, 5.74) is 4.93. The Kier molecular flexibility index (Phi) is 4.58. The molecule has 68 valence electrons. The van der Waals surface area contributed by atoms with Crippen LogP contribution in [-0.4, -0.2) is 22.1 Å². The summed E-state index contributed by atoms with van der Waals surface area (Å²) >= 11 is 0.677. The molecule has 5 heteroatoms. The van der Waals surface area contributed by atoms with Crippen LogP contribution in [0.4, 0.5) is 0 Å². The van der Waals surface area contributed by atoms with Crippen LogP contribution in [0.1, 0.15) is 20.3 Å². The van der Waals surface area contributed by atoms with Gasteiger partial charge in [0.2, 0.25) is 5.91 Å². The first kappa shape index (κ1) is 11.2. The third-order valence-electron chi connectivity index (χ3n) is 1.18. The molecule has 4 nitrogen and oxygen atoms in total. The van der Waals surface area contributed by atoms with Crippen molar-refractivity contribution < 1.29 is 14.4 Å². The summed E-state index contributed by atoms with van der Waals surface area (Å²) in [5, 5.41) is -1.28. The number of carbonyl (C=O) groups excluding carboxylic acids is 3. The van der Waals surface area contributed by atoms with Crippen molar-refractivity contribution in [3.63, 3.8) is 0 Å². The first-order chi connectivity index (χ1) is 5.49. The second-order valence-electron chi connectivity index (χ2n) is 2.21. The van der Waals surface area contributed by atoms with Crippen molar-refractivity contribution in [2.45, 2.75) is 25.5 Å². The lowest BCUT2D eigenvalue weighted by Crippen LogP contribution is -2.33. The van der Waals surface area contributed by atoms with E-state index in [0.717, 1.165) is 0 Å². The number of ketones is 1. The molecule has 0 aromatic heterocycles. The summed E-state index contributed by atoms with van der Waals surface area (Å²) in [4.78, 5) is 32.3. The van der Waals surface area contributed by atoms with Gasteiger partial charge in [0, 0.05) is 13.3 Å². The Labute approximate surface area is 74.9 Å². The van der Waals surface area contributed by atoms with Crippen molar-refractivity contribution in [1.82, 2.24) is 0 Å². The van der Waals surface area contributed by atoms with Crippen molar-refractivity contribution in [1.29, 1.82) is 0 Å². The molecular weight excluding hydrogens is 178 g/mol.